The summed E-state index contributed by atoms with van der Waals surface area (Å²) >= 11 is 0. The van der Waals surface area contributed by atoms with Gasteiger partial charge < -0.3 is 40.2 Å². The summed E-state index contributed by atoms with van der Waals surface area (Å²) < 4.78 is 0. The molecular formula is C18H26O12SiZn. The molecule has 32 heavy (non-hydrogen) atoms. The Morgan fingerprint density at radius 3 is 0.531 bits per heavy atom. The van der Waals surface area contributed by atoms with E-state index in [4.69, 9.17) is 40.2 Å². The summed E-state index contributed by atoms with van der Waals surface area (Å²) in [5.41, 5.74) is 0. The SMILES string of the molecule is C=CC(=O)O.C=CC(=O)O.C=CC(=O)O.C=CC(=O)O.C=CC(=O)[O-].C=CC(=O)[O-].[SiH4].[Zn+2]. The van der Waals surface area contributed by atoms with Crippen LogP contribution in [0.2, 0.25) is 0 Å². The van der Waals surface area contributed by atoms with Gasteiger partial charge >= 0.3 is 43.4 Å². The number of hydrogen-bond donors (Lipinski definition) is 4. The van der Waals surface area contributed by atoms with Crippen LogP contribution in [-0.2, 0) is 48.2 Å². The fraction of sp³-hybridized carbons (Fsp3) is 0. The van der Waals surface area contributed by atoms with E-state index in [1.54, 1.807) is 0 Å². The van der Waals surface area contributed by atoms with Crippen molar-refractivity contribution in [3.05, 3.63) is 75.9 Å². The summed E-state index contributed by atoms with van der Waals surface area (Å²) in [7, 11) is 0. The minimum Gasteiger partial charge on any atom is -0.545 e. The molecule has 0 saturated carbocycles. The van der Waals surface area contributed by atoms with E-state index >= 15 is 0 Å². The van der Waals surface area contributed by atoms with Gasteiger partial charge in [0.25, 0.3) is 0 Å². The van der Waals surface area contributed by atoms with E-state index in [0.29, 0.717) is 0 Å². The maximum absolute atomic E-state index is 9.25. The first-order valence-corrected chi connectivity index (χ1v) is 6.71. The van der Waals surface area contributed by atoms with Crippen LogP contribution < -0.4 is 10.2 Å². The Hall–Kier alpha value is -3.90. The first-order chi connectivity index (χ1) is 13.6. The van der Waals surface area contributed by atoms with E-state index in [-0.39, 0.29) is 30.4 Å². The molecule has 0 aromatic carbocycles. The van der Waals surface area contributed by atoms with Gasteiger partial charge in [0.2, 0.25) is 0 Å². The van der Waals surface area contributed by atoms with Crippen LogP contribution in [0, 0.1) is 0 Å². The number of aliphatic carboxylic acids is 6. The fourth-order valence-electron chi connectivity index (χ4n) is 0. The third kappa shape index (κ3) is 251. The number of carboxylic acids is 6. The van der Waals surface area contributed by atoms with Crippen molar-refractivity contribution >= 4 is 46.8 Å². The van der Waals surface area contributed by atoms with Crippen LogP contribution in [0.15, 0.2) is 75.9 Å². The van der Waals surface area contributed by atoms with Gasteiger partial charge in [-0.25, -0.2) is 19.2 Å². The Labute approximate surface area is 201 Å². The molecule has 176 valence electrons. The first kappa shape index (κ1) is 51.1. The van der Waals surface area contributed by atoms with Crippen LogP contribution in [-0.4, -0.2) is 67.2 Å². The van der Waals surface area contributed by atoms with E-state index in [1.807, 2.05) is 0 Å². The van der Waals surface area contributed by atoms with E-state index in [0.717, 1.165) is 36.5 Å². The normalized spacial score (nSPS) is 6.00. The van der Waals surface area contributed by atoms with Gasteiger partial charge in [-0.15, -0.1) is 0 Å². The fourth-order valence-corrected chi connectivity index (χ4v) is 0. The van der Waals surface area contributed by atoms with Crippen LogP contribution in [0.1, 0.15) is 0 Å². The third-order valence-corrected chi connectivity index (χ3v) is 1.03. The zero-order chi connectivity index (χ0) is 25.7. The van der Waals surface area contributed by atoms with Gasteiger partial charge in [-0.05, 0) is 23.1 Å². The second-order valence-corrected chi connectivity index (χ2v) is 3.22. The van der Waals surface area contributed by atoms with Crippen molar-refractivity contribution < 1.29 is 78.9 Å². The standard InChI is InChI=1S/6C3H4O2.H4Si.Zn/c6*1-2-3(4)5;;/h6*2H,1H2,(H,4,5);1H4;/q;;;;;;;+2/p-2. The van der Waals surface area contributed by atoms with E-state index in [1.165, 1.54) is 0 Å². The third-order valence-electron chi connectivity index (χ3n) is 1.03. The monoisotopic (exact) mass is 526 g/mol. The number of hydrogen-bond acceptors (Lipinski definition) is 8. The molecule has 0 aliphatic carbocycles. The van der Waals surface area contributed by atoms with Crippen LogP contribution in [0.4, 0.5) is 0 Å². The van der Waals surface area contributed by atoms with Crippen molar-refractivity contribution in [1.82, 2.24) is 0 Å². The minimum atomic E-state index is -1.23. The zero-order valence-electron chi connectivity index (χ0n) is 16.5. The van der Waals surface area contributed by atoms with Crippen molar-refractivity contribution in [2.45, 2.75) is 0 Å². The molecule has 0 aliphatic heterocycles. The summed E-state index contributed by atoms with van der Waals surface area (Å²) in [4.78, 5) is 55.3. The Balaban J connectivity index is -0.0000000356. The van der Waals surface area contributed by atoms with E-state index in [9.17, 15) is 19.2 Å². The maximum atomic E-state index is 9.25. The quantitative estimate of drug-likeness (QED) is 0.206. The summed E-state index contributed by atoms with van der Waals surface area (Å²) in [6.45, 7) is 17.6. The number of rotatable bonds is 6. The summed E-state index contributed by atoms with van der Waals surface area (Å²) in [5, 5.41) is 48.7. The molecule has 0 aromatic heterocycles. The number of carboxylic acid groups (broad SMARTS) is 6. The molecule has 14 heteroatoms. The van der Waals surface area contributed by atoms with Gasteiger partial charge in [-0.1, -0.05) is 39.5 Å². The van der Waals surface area contributed by atoms with E-state index < -0.39 is 35.8 Å². The van der Waals surface area contributed by atoms with Gasteiger partial charge in [-0.3, -0.25) is 0 Å². The molecule has 0 amide bonds. The van der Waals surface area contributed by atoms with Gasteiger partial charge in [-0.2, -0.15) is 0 Å². The van der Waals surface area contributed by atoms with Crippen LogP contribution in [0.25, 0.3) is 0 Å². The molecule has 0 aromatic rings. The van der Waals surface area contributed by atoms with Crippen LogP contribution in [0.5, 0.6) is 0 Å². The molecule has 12 nitrogen and oxygen atoms in total. The second-order valence-electron chi connectivity index (χ2n) is 3.22. The number of carbonyl (C=O) groups is 6. The van der Waals surface area contributed by atoms with E-state index in [2.05, 4.69) is 39.5 Å². The Morgan fingerprint density at radius 1 is 0.469 bits per heavy atom. The molecule has 0 radical (unpaired) electrons. The molecule has 0 rings (SSSR count). The second kappa shape index (κ2) is 45.7. The van der Waals surface area contributed by atoms with Crippen LogP contribution >= 0.6 is 0 Å². The molecule has 0 aliphatic rings. The minimum absolute atomic E-state index is 0. The molecule has 0 bridgehead atoms. The first-order valence-electron chi connectivity index (χ1n) is 6.71. The largest absolute Gasteiger partial charge is 2.00 e. The van der Waals surface area contributed by atoms with Crippen LogP contribution in [0.3, 0.4) is 0 Å². The molecular weight excluding hydrogens is 502 g/mol. The summed E-state index contributed by atoms with van der Waals surface area (Å²) in [6.07, 6.45) is 4.78. The van der Waals surface area contributed by atoms with Crippen molar-refractivity contribution in [2.24, 2.45) is 0 Å². The Kier molecular flexibility index (Phi) is 72.9. The predicted octanol–water partition coefficient (Wildman–Crippen LogP) is -2.58. The van der Waals surface area contributed by atoms with Crippen molar-refractivity contribution in [2.75, 3.05) is 0 Å². The summed E-state index contributed by atoms with van der Waals surface area (Å²) in [6, 6.07) is 0. The maximum Gasteiger partial charge on any atom is 2.00 e. The number of carbonyl (C=O) groups excluding carboxylic acids is 2. The van der Waals surface area contributed by atoms with Crippen molar-refractivity contribution in [1.29, 1.82) is 0 Å². The van der Waals surface area contributed by atoms with Gasteiger partial charge in [0.15, 0.2) is 0 Å². The molecule has 0 unspecified atom stereocenters. The molecule has 0 spiro atoms. The molecule has 0 atom stereocenters. The average molecular weight is 528 g/mol. The molecule has 0 fully saturated rings. The van der Waals surface area contributed by atoms with Crippen molar-refractivity contribution in [3.8, 4) is 0 Å². The Bertz CT molecular complexity index is 488. The van der Waals surface area contributed by atoms with Gasteiger partial charge in [0.1, 0.15) is 0 Å². The Morgan fingerprint density at radius 2 is 0.531 bits per heavy atom. The van der Waals surface area contributed by atoms with Gasteiger partial charge in [0, 0.05) is 24.3 Å². The van der Waals surface area contributed by atoms with Gasteiger partial charge in [0.05, 0.1) is 11.9 Å². The summed E-state index contributed by atoms with van der Waals surface area (Å²) in [5.74, 6) is -6.39. The molecule has 4 N–H and O–H groups in total. The smallest absolute Gasteiger partial charge is 0.545 e. The molecule has 0 heterocycles. The van der Waals surface area contributed by atoms with Crippen molar-refractivity contribution in [3.63, 3.8) is 0 Å². The average Bonchev–Trinajstić information content (AvgIpc) is 2.69. The predicted molar refractivity (Wildman–Crippen MR) is 113 cm³/mol. The topological polar surface area (TPSA) is 229 Å². The zero-order valence-corrected chi connectivity index (χ0v) is 19.4. The molecule has 0 saturated heterocycles.